The number of carbonyl (C=O) groups is 1. The molecular formula is C11H19NO2S. The van der Waals surface area contributed by atoms with Gasteiger partial charge in [-0.2, -0.15) is 11.8 Å². The van der Waals surface area contributed by atoms with Crippen LogP contribution in [0.5, 0.6) is 0 Å². The minimum Gasteiger partial charge on any atom is -0.478 e. The average Bonchev–Trinajstić information content (AvgIpc) is 2.51. The van der Waals surface area contributed by atoms with Crippen LogP contribution in [0, 0.1) is 0 Å². The van der Waals surface area contributed by atoms with E-state index >= 15 is 0 Å². The largest absolute Gasteiger partial charge is 0.478 e. The summed E-state index contributed by atoms with van der Waals surface area (Å²) in [7, 11) is 0. The predicted molar refractivity (Wildman–Crippen MR) is 64.4 cm³/mol. The summed E-state index contributed by atoms with van der Waals surface area (Å²) >= 11 is 2.01. The summed E-state index contributed by atoms with van der Waals surface area (Å²) in [6.07, 6.45) is 3.82. The number of carboxylic acids is 1. The van der Waals surface area contributed by atoms with Gasteiger partial charge in [0.25, 0.3) is 0 Å². The molecule has 1 rings (SSSR count). The molecule has 0 aromatic heterocycles. The Morgan fingerprint density at radius 3 is 2.93 bits per heavy atom. The van der Waals surface area contributed by atoms with Gasteiger partial charge in [-0.15, -0.1) is 0 Å². The molecule has 1 aliphatic rings. The van der Waals surface area contributed by atoms with E-state index in [0.717, 1.165) is 12.1 Å². The molecule has 3 nitrogen and oxygen atoms in total. The van der Waals surface area contributed by atoms with Crippen LogP contribution in [0.1, 0.15) is 26.7 Å². The van der Waals surface area contributed by atoms with E-state index in [2.05, 4.69) is 12.2 Å². The molecule has 1 unspecified atom stereocenters. The van der Waals surface area contributed by atoms with E-state index in [1.54, 1.807) is 0 Å². The molecule has 1 aliphatic heterocycles. The summed E-state index contributed by atoms with van der Waals surface area (Å²) < 4.78 is 0.351. The van der Waals surface area contributed by atoms with E-state index in [-0.39, 0.29) is 0 Å². The Labute approximate surface area is 95.3 Å². The molecule has 0 saturated carbocycles. The number of carboxylic acid groups (broad SMARTS) is 1. The first-order valence-corrected chi connectivity index (χ1v) is 6.25. The fraction of sp³-hybridized carbons (Fsp3) is 0.727. The number of nitrogens with one attached hydrogen (secondary N) is 1. The van der Waals surface area contributed by atoms with Crippen molar-refractivity contribution < 1.29 is 9.90 Å². The molecule has 15 heavy (non-hydrogen) atoms. The third-order valence-electron chi connectivity index (χ3n) is 2.57. The van der Waals surface area contributed by atoms with E-state index in [1.807, 2.05) is 18.7 Å². The fourth-order valence-corrected chi connectivity index (χ4v) is 3.04. The maximum atomic E-state index is 10.4. The van der Waals surface area contributed by atoms with Gasteiger partial charge in [0.2, 0.25) is 0 Å². The zero-order valence-electron chi connectivity index (χ0n) is 9.38. The Hall–Kier alpha value is -0.480. The molecule has 0 aliphatic carbocycles. The molecule has 1 heterocycles. The number of hydrogen-bond acceptors (Lipinski definition) is 3. The summed E-state index contributed by atoms with van der Waals surface area (Å²) in [4.78, 5) is 10.4. The molecule has 2 N–H and O–H groups in total. The van der Waals surface area contributed by atoms with Crippen LogP contribution in [0.15, 0.2) is 11.6 Å². The molecule has 4 heteroatoms. The molecule has 0 radical (unpaired) electrons. The lowest BCUT2D eigenvalue weighted by molar-refractivity contribution is -0.131. The van der Waals surface area contributed by atoms with Gasteiger partial charge in [-0.25, -0.2) is 4.79 Å². The molecule has 1 fully saturated rings. The first-order valence-electron chi connectivity index (χ1n) is 5.27. The van der Waals surface area contributed by atoms with E-state index in [0.29, 0.717) is 11.3 Å². The molecule has 0 spiro atoms. The summed E-state index contributed by atoms with van der Waals surface area (Å²) in [5.74, 6) is 0.387. The maximum absolute atomic E-state index is 10.4. The zero-order chi connectivity index (χ0) is 11.3. The quantitative estimate of drug-likeness (QED) is 0.707. The normalized spacial score (nSPS) is 26.9. The Balaban J connectivity index is 2.23. The van der Waals surface area contributed by atoms with Crippen molar-refractivity contribution in [3.63, 3.8) is 0 Å². The second kappa shape index (κ2) is 5.56. The lowest BCUT2D eigenvalue weighted by Gasteiger charge is -2.23. The van der Waals surface area contributed by atoms with Crippen LogP contribution >= 0.6 is 11.8 Å². The van der Waals surface area contributed by atoms with Crippen molar-refractivity contribution in [1.29, 1.82) is 0 Å². The SMILES string of the molecule is CC(=CC(=O)O)CNCC1(C)CCCS1. The minimum absolute atomic E-state index is 0.351. The number of rotatable bonds is 5. The van der Waals surface area contributed by atoms with Gasteiger partial charge >= 0.3 is 5.97 Å². The van der Waals surface area contributed by atoms with E-state index in [1.165, 1.54) is 24.7 Å². The van der Waals surface area contributed by atoms with Gasteiger partial charge in [-0.3, -0.25) is 0 Å². The van der Waals surface area contributed by atoms with Crippen molar-refractivity contribution in [3.8, 4) is 0 Å². The lowest BCUT2D eigenvalue weighted by Crippen LogP contribution is -2.33. The van der Waals surface area contributed by atoms with Crippen molar-refractivity contribution in [2.75, 3.05) is 18.8 Å². The van der Waals surface area contributed by atoms with Crippen LogP contribution in [0.25, 0.3) is 0 Å². The van der Waals surface area contributed by atoms with Gasteiger partial charge < -0.3 is 10.4 Å². The van der Waals surface area contributed by atoms with Crippen LogP contribution in [0.2, 0.25) is 0 Å². The van der Waals surface area contributed by atoms with E-state index < -0.39 is 5.97 Å². The van der Waals surface area contributed by atoms with E-state index in [4.69, 9.17) is 5.11 Å². The molecular weight excluding hydrogens is 210 g/mol. The van der Waals surface area contributed by atoms with Gasteiger partial charge in [0, 0.05) is 23.9 Å². The van der Waals surface area contributed by atoms with Crippen LogP contribution in [-0.4, -0.2) is 34.7 Å². The van der Waals surface area contributed by atoms with Gasteiger partial charge in [-0.1, -0.05) is 5.57 Å². The Morgan fingerprint density at radius 1 is 1.67 bits per heavy atom. The monoisotopic (exact) mass is 229 g/mol. The van der Waals surface area contributed by atoms with Gasteiger partial charge in [0.05, 0.1) is 0 Å². The molecule has 0 amide bonds. The summed E-state index contributed by atoms with van der Waals surface area (Å²) in [5.41, 5.74) is 0.870. The minimum atomic E-state index is -0.865. The first-order chi connectivity index (χ1) is 7.02. The van der Waals surface area contributed by atoms with Crippen LogP contribution in [-0.2, 0) is 4.79 Å². The first kappa shape index (κ1) is 12.6. The van der Waals surface area contributed by atoms with Crippen molar-refractivity contribution in [2.24, 2.45) is 0 Å². The molecule has 0 aromatic carbocycles. The van der Waals surface area contributed by atoms with Gasteiger partial charge in [0.1, 0.15) is 0 Å². The van der Waals surface area contributed by atoms with Crippen LogP contribution in [0.4, 0.5) is 0 Å². The lowest BCUT2D eigenvalue weighted by atomic mass is 10.1. The molecule has 1 atom stereocenters. The second-order valence-electron chi connectivity index (χ2n) is 4.33. The molecule has 1 saturated heterocycles. The number of hydrogen-bond donors (Lipinski definition) is 2. The smallest absolute Gasteiger partial charge is 0.328 e. The predicted octanol–water partition coefficient (Wildman–Crippen LogP) is 1.89. The highest BCUT2D eigenvalue weighted by Gasteiger charge is 2.28. The number of thioether (sulfide) groups is 1. The summed E-state index contributed by atoms with van der Waals surface area (Å²) in [6.45, 7) is 5.74. The Kier molecular flexibility index (Phi) is 4.67. The fourth-order valence-electron chi connectivity index (χ4n) is 1.76. The molecule has 0 bridgehead atoms. The van der Waals surface area contributed by atoms with Crippen LogP contribution < -0.4 is 5.32 Å². The highest BCUT2D eigenvalue weighted by atomic mass is 32.2. The van der Waals surface area contributed by atoms with Gasteiger partial charge in [0.15, 0.2) is 0 Å². The number of aliphatic carboxylic acids is 1. The summed E-state index contributed by atoms with van der Waals surface area (Å²) in [5, 5.41) is 11.9. The summed E-state index contributed by atoms with van der Waals surface area (Å²) in [6, 6.07) is 0. The second-order valence-corrected chi connectivity index (χ2v) is 6.02. The zero-order valence-corrected chi connectivity index (χ0v) is 10.2. The van der Waals surface area contributed by atoms with E-state index in [9.17, 15) is 4.79 Å². The highest BCUT2D eigenvalue weighted by Crippen LogP contribution is 2.36. The third-order valence-corrected chi connectivity index (χ3v) is 4.11. The molecule has 86 valence electrons. The third kappa shape index (κ3) is 4.71. The van der Waals surface area contributed by atoms with Crippen molar-refractivity contribution in [1.82, 2.24) is 5.32 Å². The van der Waals surface area contributed by atoms with Crippen molar-refractivity contribution in [2.45, 2.75) is 31.4 Å². The Morgan fingerprint density at radius 2 is 2.40 bits per heavy atom. The maximum Gasteiger partial charge on any atom is 0.328 e. The van der Waals surface area contributed by atoms with Crippen LogP contribution in [0.3, 0.4) is 0 Å². The standard InChI is InChI=1S/C11H19NO2S/c1-9(6-10(13)14)7-12-8-11(2)4-3-5-15-11/h6,12H,3-5,7-8H2,1-2H3,(H,13,14). The highest BCUT2D eigenvalue weighted by molar-refractivity contribution is 8.00. The van der Waals surface area contributed by atoms with Crippen molar-refractivity contribution >= 4 is 17.7 Å². The van der Waals surface area contributed by atoms with Gasteiger partial charge in [-0.05, 0) is 32.4 Å². The Bertz CT molecular complexity index is 257. The average molecular weight is 229 g/mol. The molecule has 0 aromatic rings. The van der Waals surface area contributed by atoms with Crippen molar-refractivity contribution in [3.05, 3.63) is 11.6 Å². The topological polar surface area (TPSA) is 49.3 Å².